The topological polar surface area (TPSA) is 66.9 Å². The van der Waals surface area contributed by atoms with Crippen molar-refractivity contribution in [2.75, 3.05) is 32.8 Å². The first kappa shape index (κ1) is 19.9. The second kappa shape index (κ2) is 8.41. The number of hydrogen-bond donors (Lipinski definition) is 0. The third-order valence-corrected chi connectivity index (χ3v) is 7.84. The van der Waals surface area contributed by atoms with Crippen molar-refractivity contribution in [2.45, 2.75) is 24.0 Å². The number of benzene rings is 1. The van der Waals surface area contributed by atoms with Gasteiger partial charge in [0.15, 0.2) is 6.61 Å². The Labute approximate surface area is 164 Å². The van der Waals surface area contributed by atoms with Crippen molar-refractivity contribution in [3.63, 3.8) is 0 Å². The summed E-state index contributed by atoms with van der Waals surface area (Å²) >= 11 is 1.21. The Morgan fingerprint density at radius 1 is 1.11 bits per heavy atom. The third-order valence-electron chi connectivity index (χ3n) is 4.57. The Morgan fingerprint density at radius 2 is 1.81 bits per heavy atom. The zero-order valence-corrected chi connectivity index (χ0v) is 17.1. The highest BCUT2D eigenvalue weighted by atomic mass is 32.2. The molecule has 1 aliphatic heterocycles. The van der Waals surface area contributed by atoms with E-state index in [1.54, 1.807) is 22.4 Å². The Hall–Kier alpha value is -1.90. The Morgan fingerprint density at radius 3 is 2.44 bits per heavy atom. The van der Waals surface area contributed by atoms with Gasteiger partial charge in [-0.2, -0.15) is 4.31 Å². The quantitative estimate of drug-likeness (QED) is 0.737. The Balaban J connectivity index is 1.55. The van der Waals surface area contributed by atoms with Crippen molar-refractivity contribution in [3.05, 3.63) is 47.3 Å². The van der Waals surface area contributed by atoms with Gasteiger partial charge < -0.3 is 9.64 Å². The van der Waals surface area contributed by atoms with E-state index < -0.39 is 10.0 Å². The second-order valence-corrected chi connectivity index (χ2v) is 9.81. The lowest BCUT2D eigenvalue weighted by Crippen LogP contribution is -2.51. The van der Waals surface area contributed by atoms with Crippen LogP contribution in [0.15, 0.2) is 46.0 Å². The molecular weight excluding hydrogens is 384 g/mol. The first-order valence-corrected chi connectivity index (χ1v) is 11.2. The van der Waals surface area contributed by atoms with Gasteiger partial charge >= 0.3 is 0 Å². The molecule has 0 bridgehead atoms. The normalized spacial score (nSPS) is 15.9. The number of nitrogens with zero attached hydrogens (tertiary/aromatic N) is 2. The van der Waals surface area contributed by atoms with Gasteiger partial charge in [-0.1, -0.05) is 38.1 Å². The largest absolute Gasteiger partial charge is 0.483 e. The minimum absolute atomic E-state index is 0.0403. The second-order valence-electron chi connectivity index (χ2n) is 6.70. The van der Waals surface area contributed by atoms with Crippen molar-refractivity contribution < 1.29 is 17.9 Å². The van der Waals surface area contributed by atoms with Crippen molar-refractivity contribution in [1.82, 2.24) is 9.21 Å². The number of carbonyl (C=O) groups is 1. The molecule has 1 saturated heterocycles. The third kappa shape index (κ3) is 4.51. The fraction of sp³-hybridized carbons (Fsp3) is 0.421. The van der Waals surface area contributed by atoms with E-state index in [9.17, 15) is 13.2 Å². The summed E-state index contributed by atoms with van der Waals surface area (Å²) in [6.07, 6.45) is 0. The lowest BCUT2D eigenvalue weighted by molar-refractivity contribution is -0.134. The molecule has 0 aliphatic carbocycles. The van der Waals surface area contributed by atoms with Crippen LogP contribution in [0.4, 0.5) is 0 Å². The summed E-state index contributed by atoms with van der Waals surface area (Å²) in [6.45, 7) is 5.47. The van der Waals surface area contributed by atoms with Crippen LogP contribution in [-0.2, 0) is 14.8 Å². The van der Waals surface area contributed by atoms with Crippen LogP contribution in [0.1, 0.15) is 25.3 Å². The van der Waals surface area contributed by atoms with E-state index >= 15 is 0 Å². The van der Waals surface area contributed by atoms with Crippen molar-refractivity contribution >= 4 is 27.3 Å². The molecule has 27 heavy (non-hydrogen) atoms. The Kier molecular flexibility index (Phi) is 6.18. The van der Waals surface area contributed by atoms with Gasteiger partial charge in [0.05, 0.1) is 0 Å². The summed E-state index contributed by atoms with van der Waals surface area (Å²) in [7, 11) is -3.46. The fourth-order valence-corrected chi connectivity index (χ4v) is 5.60. The molecule has 146 valence electrons. The summed E-state index contributed by atoms with van der Waals surface area (Å²) in [6, 6.07) is 11.0. The molecule has 0 atom stereocenters. The fourth-order valence-electron chi connectivity index (χ4n) is 3.04. The van der Waals surface area contributed by atoms with Crippen LogP contribution in [0.5, 0.6) is 5.75 Å². The summed E-state index contributed by atoms with van der Waals surface area (Å²) in [4.78, 5) is 14.1. The molecule has 1 aromatic heterocycles. The minimum atomic E-state index is -3.46. The highest BCUT2D eigenvalue weighted by Crippen LogP contribution is 2.26. The van der Waals surface area contributed by atoms with Gasteiger partial charge in [-0.25, -0.2) is 8.42 Å². The number of thiophene rings is 1. The molecule has 6 nitrogen and oxygen atoms in total. The summed E-state index contributed by atoms with van der Waals surface area (Å²) in [5.74, 6) is 0.906. The molecule has 0 N–H and O–H groups in total. The smallest absolute Gasteiger partial charge is 0.260 e. The average Bonchev–Trinajstić information content (AvgIpc) is 3.22. The highest BCUT2D eigenvalue weighted by Gasteiger charge is 2.30. The molecule has 0 radical (unpaired) electrons. The van der Waals surface area contributed by atoms with Gasteiger partial charge in [-0.05, 0) is 29.0 Å². The van der Waals surface area contributed by atoms with Crippen molar-refractivity contribution in [1.29, 1.82) is 0 Å². The number of sulfonamides is 1. The molecule has 1 amide bonds. The van der Waals surface area contributed by atoms with E-state index in [1.807, 2.05) is 24.3 Å². The summed E-state index contributed by atoms with van der Waals surface area (Å²) < 4.78 is 32.6. The van der Waals surface area contributed by atoms with E-state index in [0.29, 0.717) is 36.3 Å². The lowest BCUT2D eigenvalue weighted by Gasteiger charge is -2.33. The average molecular weight is 409 g/mol. The summed E-state index contributed by atoms with van der Waals surface area (Å²) in [5, 5.41) is 1.75. The van der Waals surface area contributed by atoms with Crippen LogP contribution >= 0.6 is 11.3 Å². The van der Waals surface area contributed by atoms with Gasteiger partial charge in [0.1, 0.15) is 9.96 Å². The maximum absolute atomic E-state index is 12.5. The first-order valence-electron chi connectivity index (χ1n) is 8.92. The maximum atomic E-state index is 12.5. The highest BCUT2D eigenvalue weighted by molar-refractivity contribution is 7.91. The number of para-hydroxylation sites is 1. The monoisotopic (exact) mass is 408 g/mol. The van der Waals surface area contributed by atoms with E-state index in [4.69, 9.17) is 4.74 Å². The minimum Gasteiger partial charge on any atom is -0.483 e. The molecule has 1 fully saturated rings. The number of hydrogen-bond acceptors (Lipinski definition) is 5. The van der Waals surface area contributed by atoms with Crippen LogP contribution in [0.3, 0.4) is 0 Å². The standard InChI is InChI=1S/C19H24N2O4S2/c1-15(2)16-6-3-4-7-17(16)25-14-18(22)20-9-11-21(12-10-20)27(23,24)19-8-5-13-26-19/h3-8,13,15H,9-12,14H2,1-2H3. The van der Waals surface area contributed by atoms with Gasteiger partial charge in [0.2, 0.25) is 0 Å². The molecule has 8 heteroatoms. The molecule has 1 aliphatic rings. The maximum Gasteiger partial charge on any atom is 0.260 e. The van der Waals surface area contributed by atoms with Crippen LogP contribution in [-0.4, -0.2) is 56.3 Å². The van der Waals surface area contributed by atoms with Crippen LogP contribution < -0.4 is 4.74 Å². The molecular formula is C19H24N2O4S2. The zero-order valence-electron chi connectivity index (χ0n) is 15.5. The molecule has 1 aromatic carbocycles. The van der Waals surface area contributed by atoms with E-state index in [-0.39, 0.29) is 12.5 Å². The van der Waals surface area contributed by atoms with Crippen LogP contribution in [0.25, 0.3) is 0 Å². The van der Waals surface area contributed by atoms with Gasteiger partial charge in [0, 0.05) is 26.2 Å². The molecule has 2 heterocycles. The van der Waals surface area contributed by atoms with Crippen molar-refractivity contribution in [3.8, 4) is 5.75 Å². The van der Waals surface area contributed by atoms with E-state index in [1.165, 1.54) is 15.6 Å². The molecule has 0 unspecified atom stereocenters. The number of ether oxygens (including phenoxy) is 1. The predicted molar refractivity (Wildman–Crippen MR) is 106 cm³/mol. The van der Waals surface area contributed by atoms with E-state index in [0.717, 1.165) is 11.3 Å². The molecule has 2 aromatic rings. The lowest BCUT2D eigenvalue weighted by atomic mass is 10.0. The first-order chi connectivity index (χ1) is 12.9. The SMILES string of the molecule is CC(C)c1ccccc1OCC(=O)N1CCN(S(=O)(=O)c2cccs2)CC1. The number of amides is 1. The number of carbonyl (C=O) groups excluding carboxylic acids is 1. The number of rotatable bonds is 6. The van der Waals surface area contributed by atoms with Gasteiger partial charge in [0.25, 0.3) is 15.9 Å². The van der Waals surface area contributed by atoms with E-state index in [2.05, 4.69) is 13.8 Å². The number of piperazine rings is 1. The zero-order chi connectivity index (χ0) is 19.4. The van der Waals surface area contributed by atoms with Gasteiger partial charge in [-0.3, -0.25) is 4.79 Å². The van der Waals surface area contributed by atoms with Crippen LogP contribution in [0, 0.1) is 0 Å². The molecule has 3 rings (SSSR count). The van der Waals surface area contributed by atoms with Crippen molar-refractivity contribution in [2.24, 2.45) is 0 Å². The van der Waals surface area contributed by atoms with Crippen LogP contribution in [0.2, 0.25) is 0 Å². The molecule has 0 saturated carbocycles. The summed E-state index contributed by atoms with van der Waals surface area (Å²) in [5.41, 5.74) is 1.07. The predicted octanol–water partition coefficient (Wildman–Crippen LogP) is 2.78. The van der Waals surface area contributed by atoms with Gasteiger partial charge in [-0.15, -0.1) is 11.3 Å². The molecule has 0 spiro atoms. The Bertz CT molecular complexity index is 871.